The topological polar surface area (TPSA) is 545 Å². The van der Waals surface area contributed by atoms with Gasteiger partial charge in [0.05, 0.1) is 171 Å². The Balaban J connectivity index is 0.800. The first-order chi connectivity index (χ1) is 65.4. The van der Waals surface area contributed by atoms with Crippen LogP contribution >= 0.6 is 11.3 Å². The molecule has 3 aliphatic heterocycles. The van der Waals surface area contributed by atoms with Crippen molar-refractivity contribution in [1.82, 2.24) is 41.4 Å². The molecular weight excluding hydrogens is 1800 g/mol. The number of likely N-dealkylation sites (tertiary alicyclic amines) is 1. The molecule has 3 aliphatic rings. The second-order valence-electron chi connectivity index (χ2n) is 33.9. The molecule has 0 aliphatic carbocycles. The highest BCUT2D eigenvalue weighted by Crippen LogP contribution is 2.36. The number of quaternary nitrogens is 1. The van der Waals surface area contributed by atoms with Crippen molar-refractivity contribution in [2.24, 2.45) is 23.5 Å². The van der Waals surface area contributed by atoms with Gasteiger partial charge in [0.1, 0.15) is 72.1 Å². The number of piperidine rings is 1. The van der Waals surface area contributed by atoms with E-state index in [1.165, 1.54) is 17.4 Å². The van der Waals surface area contributed by atoms with Gasteiger partial charge in [0.2, 0.25) is 29.9 Å². The van der Waals surface area contributed by atoms with E-state index >= 15 is 9.59 Å². The average molecular weight is 1950 g/mol. The van der Waals surface area contributed by atoms with E-state index in [-0.39, 0.29) is 123 Å². The number of hydrogen-bond acceptors (Lipinski definition) is 32. The van der Waals surface area contributed by atoms with Crippen LogP contribution in [0.1, 0.15) is 152 Å². The number of aromatic nitrogens is 1. The fraction of sp³-hybridized carbons (Fsp3) is 0.699. The van der Waals surface area contributed by atoms with Gasteiger partial charge < -0.3 is 138 Å². The third-order valence-electron chi connectivity index (χ3n) is 23.1. The number of rotatable bonds is 73. The summed E-state index contributed by atoms with van der Waals surface area (Å²) < 4.78 is 84.6. The monoisotopic (exact) mass is 1950 g/mol. The zero-order chi connectivity index (χ0) is 99.2. The normalized spacial score (nSPS) is 19.5. The van der Waals surface area contributed by atoms with Gasteiger partial charge in [-0.25, -0.2) is 14.6 Å². The largest absolute Gasteiger partial charge is 0.481 e. The van der Waals surface area contributed by atoms with Crippen molar-refractivity contribution in [2.75, 3.05) is 204 Å². The number of nitrogens with one attached hydrogen (secondary N) is 6. The number of aliphatic hydroxyl groups excluding tert-OH is 3. The van der Waals surface area contributed by atoms with E-state index in [1.807, 2.05) is 78.9 Å². The van der Waals surface area contributed by atoms with Gasteiger partial charge in [-0.2, -0.15) is 0 Å². The molecule has 1 aromatic heterocycles. The van der Waals surface area contributed by atoms with Crippen LogP contribution in [0.5, 0.6) is 5.75 Å². The number of carbonyl (C=O) groups is 11. The number of aliphatic hydroxyl groups is 3. The van der Waals surface area contributed by atoms with Crippen LogP contribution in [-0.4, -0.2) is 376 Å². The maximum Gasteiger partial charge on any atom is 0.411 e. The SMILES string of the molecule is CCCNC(=O)[C@H](CCCCNC(=O)CCOCCOCCOCCOCCOCCOCCOCCOCCOCCOCCOCCOC(=O)Nc1cc(C[N+]2(C)CCCC[C@@H]2C(=O)N[C@H](C(=O)N(C)[C@H](C[C@@H](OCC)c2nc(C(=O)N[C@@H](Cc3ccccc3)C[C@H](C)C(=O)O)cs2)C(C)C)[C@@H](C)CC)ccc1O[C@@H]1O[C@H](C(=O)O)[C@@H](O)[C@H](O)[C@H]1O)NC(=O)[C@H](CN)N1C(=O)C=CC1=O. The van der Waals surface area contributed by atoms with Crippen molar-refractivity contribution in [2.45, 2.75) is 205 Å². The van der Waals surface area contributed by atoms with Gasteiger partial charge >= 0.3 is 18.0 Å². The van der Waals surface area contributed by atoms with Crippen molar-refractivity contribution in [3.63, 3.8) is 0 Å². The van der Waals surface area contributed by atoms with E-state index in [2.05, 4.69) is 31.9 Å². The molecule has 0 bridgehead atoms. The molecule has 0 saturated carbocycles. The van der Waals surface area contributed by atoms with Gasteiger partial charge in [0.15, 0.2) is 12.1 Å². The molecular formula is C93H148N11O31S+. The Bertz CT molecular complexity index is 4070. The van der Waals surface area contributed by atoms with E-state index < -0.39 is 127 Å². The first kappa shape index (κ1) is 116. The maximum absolute atomic E-state index is 15.1. The standard InChI is InChI=1S/C93H147N11O31S/c1-10-29-96-84(111)68(98-86(113)72(59-94)103-77(106)26-27-78(103)107)22-16-18-30-95-76(105)28-32-121-33-34-122-35-36-123-37-38-124-39-40-125-41-42-126-43-44-127-45-46-128-47-48-129-49-50-130-51-52-131-53-54-133-93(120)100-69-57-66(24-25-74(69)134-92-82(110)80(108)81(109)83(135-92)91(118)119)60-104(9)31-19-17-23-73(104)87(114)101-79(63(6)11-2)89(115)102(8)71(62(4)5)58-75(132-12-3)88-99-70(61-136-88)85(112)97-67(55-64(7)90(116)117)56-65-20-14-13-15-21-65/h13-15,20-21,24-27,57,61-64,67-68,71-73,75,79-83,92,108-110H,10-12,16-19,22-23,28-56,58-60,94H2,1-9H3,(H7-,95,96,97,98,100,101,105,111,112,113,114,116,117,118,119,120)/p+1/t63-,64-,67+,68-,71+,72-,73+,75+,79-,80-,81-,82+,83-,92+,104?/m0/s1. The smallest absolute Gasteiger partial charge is 0.411 e. The van der Waals surface area contributed by atoms with Crippen LogP contribution < -0.4 is 42.4 Å². The Morgan fingerprint density at radius 2 is 1.21 bits per heavy atom. The molecule has 0 radical (unpaired) electrons. The molecule has 2 fully saturated rings. The number of amides is 9. The Kier molecular flexibility index (Phi) is 55.4. The molecule has 0 spiro atoms. The lowest BCUT2D eigenvalue weighted by Gasteiger charge is -2.44. The van der Waals surface area contributed by atoms with Crippen LogP contribution in [0.3, 0.4) is 0 Å². The molecule has 42 nitrogen and oxygen atoms in total. The predicted molar refractivity (Wildman–Crippen MR) is 495 cm³/mol. The molecule has 766 valence electrons. The lowest BCUT2D eigenvalue weighted by atomic mass is 9.92. The molecule has 2 saturated heterocycles. The second kappa shape index (κ2) is 65.1. The highest BCUT2D eigenvalue weighted by molar-refractivity contribution is 7.09. The quantitative estimate of drug-likeness (QED) is 0.0219. The number of likely N-dealkylation sites (N-methyl/N-ethyl adjacent to an activating group) is 2. The van der Waals surface area contributed by atoms with E-state index in [1.54, 1.807) is 36.4 Å². The van der Waals surface area contributed by atoms with Crippen LogP contribution in [0, 0.1) is 17.8 Å². The van der Waals surface area contributed by atoms with Gasteiger partial charge in [-0.1, -0.05) is 78.3 Å². The fourth-order valence-corrected chi connectivity index (χ4v) is 16.1. The van der Waals surface area contributed by atoms with Crippen LogP contribution in [0.15, 0.2) is 66.1 Å². The lowest BCUT2D eigenvalue weighted by molar-refractivity contribution is -0.942. The Labute approximate surface area is 800 Å². The number of benzene rings is 2. The van der Waals surface area contributed by atoms with Crippen molar-refractivity contribution < 1.29 is 154 Å². The van der Waals surface area contributed by atoms with Crippen LogP contribution in [0.4, 0.5) is 10.5 Å². The molecule has 9 amide bonds. The maximum atomic E-state index is 15.1. The first-order valence-corrected chi connectivity index (χ1v) is 48.0. The third-order valence-corrected chi connectivity index (χ3v) is 24.0. The molecule has 4 heterocycles. The second-order valence-corrected chi connectivity index (χ2v) is 34.7. The van der Waals surface area contributed by atoms with Gasteiger partial charge in [0, 0.05) is 87.7 Å². The summed E-state index contributed by atoms with van der Waals surface area (Å²) in [6.45, 7) is 21.5. The Hall–Kier alpha value is -8.94. The predicted octanol–water partition coefficient (Wildman–Crippen LogP) is 3.22. The molecule has 3 aromatic rings. The van der Waals surface area contributed by atoms with E-state index in [4.69, 9.17) is 81.8 Å². The minimum absolute atomic E-state index is 0.0157. The summed E-state index contributed by atoms with van der Waals surface area (Å²) in [6, 6.07) is 9.47. The molecule has 13 N–H and O–H groups in total. The summed E-state index contributed by atoms with van der Waals surface area (Å²) in [7, 11) is 3.66. The zero-order valence-corrected chi connectivity index (χ0v) is 80.9. The molecule has 1 unspecified atom stereocenters. The number of imide groups is 1. The number of carboxylic acids is 2. The highest BCUT2D eigenvalue weighted by Gasteiger charge is 2.49. The zero-order valence-electron chi connectivity index (χ0n) is 80.1. The number of nitrogens with zero attached hydrogens (tertiary/aromatic N) is 4. The minimum Gasteiger partial charge on any atom is -0.481 e. The number of thiazole rings is 1. The summed E-state index contributed by atoms with van der Waals surface area (Å²) in [5.74, 6) is -7.57. The number of nitrogens with two attached hydrogens (primary N) is 1. The molecule has 15 atom stereocenters. The van der Waals surface area contributed by atoms with E-state index in [0.29, 0.717) is 194 Å². The number of hydrogen-bond donors (Lipinski definition) is 12. The molecule has 136 heavy (non-hydrogen) atoms. The number of unbranched alkanes of at least 4 members (excludes halogenated alkanes) is 1. The molecule has 43 heteroatoms. The summed E-state index contributed by atoms with van der Waals surface area (Å²) >= 11 is 1.26. The lowest BCUT2D eigenvalue weighted by Crippen LogP contribution is -2.63. The number of carbonyl (C=O) groups excluding carboxylic acids is 9. The number of carboxylic acid groups (broad SMARTS) is 2. The van der Waals surface area contributed by atoms with E-state index in [0.717, 1.165) is 35.5 Å². The summed E-state index contributed by atoms with van der Waals surface area (Å²) in [5, 5.41) is 70.8. The number of aliphatic carboxylic acids is 2. The van der Waals surface area contributed by atoms with Gasteiger partial charge in [0.25, 0.3) is 23.6 Å². The molecule has 2 aromatic carbocycles. The first-order valence-electron chi connectivity index (χ1n) is 47.1. The van der Waals surface area contributed by atoms with Gasteiger partial charge in [-0.05, 0) is 93.9 Å². The molecule has 6 rings (SSSR count). The number of anilines is 1. The van der Waals surface area contributed by atoms with Crippen LogP contribution in [-0.2, 0) is 122 Å². The van der Waals surface area contributed by atoms with Gasteiger partial charge in [-0.3, -0.25) is 53.4 Å². The van der Waals surface area contributed by atoms with Crippen molar-refractivity contribution >= 4 is 82.3 Å². The third kappa shape index (κ3) is 41.6. The number of ether oxygens (including phenoxy) is 15. The summed E-state index contributed by atoms with van der Waals surface area (Å²) in [5.41, 5.74) is 7.41. The van der Waals surface area contributed by atoms with Crippen LogP contribution in [0.2, 0.25) is 0 Å². The fourth-order valence-electron chi connectivity index (χ4n) is 15.3. The minimum atomic E-state index is -2.00. The Morgan fingerprint density at radius 1 is 0.647 bits per heavy atom. The summed E-state index contributed by atoms with van der Waals surface area (Å²) in [6.07, 6.45) is -3.69. The van der Waals surface area contributed by atoms with Crippen molar-refractivity contribution in [1.29, 1.82) is 0 Å². The Morgan fingerprint density at radius 3 is 1.73 bits per heavy atom. The van der Waals surface area contributed by atoms with E-state index in [9.17, 15) is 68.7 Å². The van der Waals surface area contributed by atoms with Gasteiger partial charge in [-0.15, -0.1) is 11.3 Å². The average Bonchev–Trinajstić information content (AvgIpc) is 0.957. The highest BCUT2D eigenvalue weighted by atomic mass is 32.1. The summed E-state index contributed by atoms with van der Waals surface area (Å²) in [4.78, 5) is 151. The van der Waals surface area contributed by atoms with Crippen LogP contribution in [0.25, 0.3) is 0 Å². The van der Waals surface area contributed by atoms with Crippen molar-refractivity contribution in [3.8, 4) is 5.75 Å². The van der Waals surface area contributed by atoms with Crippen molar-refractivity contribution in [3.05, 3.63) is 87.9 Å².